The third-order valence-corrected chi connectivity index (χ3v) is 5.40. The Morgan fingerprint density at radius 2 is 1.96 bits per heavy atom. The number of benzene rings is 1. The van der Waals surface area contributed by atoms with E-state index in [0.717, 1.165) is 30.6 Å². The lowest BCUT2D eigenvalue weighted by molar-refractivity contribution is 0.404. The van der Waals surface area contributed by atoms with E-state index in [1.165, 1.54) is 5.69 Å². The molecule has 146 valence electrons. The maximum Gasteiger partial charge on any atom is 0.322 e. The van der Waals surface area contributed by atoms with Gasteiger partial charge in [0.25, 0.3) is 0 Å². The van der Waals surface area contributed by atoms with E-state index in [1.807, 2.05) is 13.1 Å². The number of aromatic nitrogens is 3. The van der Waals surface area contributed by atoms with Crippen LogP contribution in [0.5, 0.6) is 0 Å². The van der Waals surface area contributed by atoms with E-state index in [-0.39, 0.29) is 6.04 Å². The fourth-order valence-electron chi connectivity index (χ4n) is 3.65. The summed E-state index contributed by atoms with van der Waals surface area (Å²) in [6, 6.07) is 10.5. The first-order valence-corrected chi connectivity index (χ1v) is 9.99. The molecule has 1 N–H and O–H groups in total. The normalized spacial score (nSPS) is 19.6. The number of nitrogens with zero attached hydrogens (tertiary/aromatic N) is 4. The number of piperidine rings is 1. The van der Waals surface area contributed by atoms with Crippen LogP contribution in [0.2, 0.25) is 10.0 Å². The molecule has 2 aromatic heterocycles. The lowest BCUT2D eigenvalue weighted by Gasteiger charge is -2.39. The van der Waals surface area contributed by atoms with Gasteiger partial charge in [-0.3, -0.25) is 4.98 Å². The second-order valence-corrected chi connectivity index (χ2v) is 8.02. The molecule has 1 aliphatic rings. The lowest BCUT2D eigenvalue weighted by Crippen LogP contribution is -2.45. The monoisotopic (exact) mass is 417 g/mol. The van der Waals surface area contributed by atoms with Crippen molar-refractivity contribution in [1.29, 1.82) is 0 Å². The van der Waals surface area contributed by atoms with Crippen molar-refractivity contribution < 1.29 is 4.52 Å². The van der Waals surface area contributed by atoms with Gasteiger partial charge in [0.1, 0.15) is 0 Å². The van der Waals surface area contributed by atoms with Gasteiger partial charge in [-0.25, -0.2) is 0 Å². The number of aryl methyl sites for hydroxylation is 1. The second-order valence-electron chi connectivity index (χ2n) is 7.14. The minimum Gasteiger partial charge on any atom is -0.369 e. The molecule has 1 fully saturated rings. The molecule has 2 atom stereocenters. The van der Waals surface area contributed by atoms with E-state index in [2.05, 4.69) is 44.4 Å². The third kappa shape index (κ3) is 4.23. The van der Waals surface area contributed by atoms with Crippen molar-refractivity contribution >= 4 is 34.9 Å². The second kappa shape index (κ2) is 7.97. The summed E-state index contributed by atoms with van der Waals surface area (Å²) in [4.78, 5) is 11.1. The van der Waals surface area contributed by atoms with Crippen LogP contribution in [-0.4, -0.2) is 33.8 Å². The summed E-state index contributed by atoms with van der Waals surface area (Å²) in [6.45, 7) is 5.20. The molecule has 1 saturated heterocycles. The zero-order valence-corrected chi connectivity index (χ0v) is 17.2. The topological polar surface area (TPSA) is 67.1 Å². The average Bonchev–Trinajstić information content (AvgIpc) is 3.09. The maximum atomic E-state index is 6.06. The summed E-state index contributed by atoms with van der Waals surface area (Å²) >= 11 is 12.1. The maximum absolute atomic E-state index is 6.06. The summed E-state index contributed by atoms with van der Waals surface area (Å²) in [6.07, 6.45) is 3.82. The van der Waals surface area contributed by atoms with Gasteiger partial charge in [-0.05, 0) is 57.0 Å². The molecule has 28 heavy (non-hydrogen) atoms. The zero-order chi connectivity index (χ0) is 19.7. The van der Waals surface area contributed by atoms with Crippen molar-refractivity contribution in [2.24, 2.45) is 0 Å². The lowest BCUT2D eigenvalue weighted by atomic mass is 9.97. The van der Waals surface area contributed by atoms with Crippen molar-refractivity contribution in [2.75, 3.05) is 16.8 Å². The van der Waals surface area contributed by atoms with E-state index < -0.39 is 0 Å². The summed E-state index contributed by atoms with van der Waals surface area (Å²) in [5.74, 6) is 0.463. The molecule has 0 bridgehead atoms. The number of hydrogen-bond donors (Lipinski definition) is 1. The van der Waals surface area contributed by atoms with Gasteiger partial charge in [-0.2, -0.15) is 4.98 Å². The van der Waals surface area contributed by atoms with E-state index in [9.17, 15) is 0 Å². The Bertz CT molecular complexity index is 956. The smallest absolute Gasteiger partial charge is 0.322 e. The minimum absolute atomic E-state index is 0.269. The first-order chi connectivity index (χ1) is 13.5. The molecule has 3 heterocycles. The van der Waals surface area contributed by atoms with Gasteiger partial charge in [0.2, 0.25) is 5.82 Å². The van der Waals surface area contributed by atoms with E-state index >= 15 is 0 Å². The Morgan fingerprint density at radius 1 is 1.18 bits per heavy atom. The summed E-state index contributed by atoms with van der Waals surface area (Å²) in [5.41, 5.74) is 2.98. The molecule has 0 saturated carbocycles. The summed E-state index contributed by atoms with van der Waals surface area (Å²) in [5, 5.41) is 8.48. The molecule has 3 aromatic rings. The SMILES string of the molecule is Cc1cc(N2CC[C@H](Nc3nc(-c4cc(Cl)cc(Cl)c4)no3)C[C@@H]2C)ccn1. The molecule has 1 aliphatic heterocycles. The molecule has 1 aromatic carbocycles. The van der Waals surface area contributed by atoms with Crippen molar-refractivity contribution in [2.45, 2.75) is 38.8 Å². The molecule has 4 rings (SSSR count). The Hall–Kier alpha value is -2.31. The van der Waals surface area contributed by atoms with Crippen molar-refractivity contribution in [1.82, 2.24) is 15.1 Å². The largest absolute Gasteiger partial charge is 0.369 e. The molecular formula is C20H21Cl2N5O. The van der Waals surface area contributed by atoms with Crippen LogP contribution in [0.15, 0.2) is 41.1 Å². The Balaban J connectivity index is 1.42. The standard InChI is InChI=1S/C20H21Cl2N5O/c1-12-7-18(3-5-23-12)27-6-4-17(8-13(27)2)24-20-25-19(26-28-20)14-9-15(21)11-16(22)10-14/h3,5,7,9-11,13,17H,4,6,8H2,1-2H3,(H,24,25,26)/t13-,17-/m0/s1. The summed E-state index contributed by atoms with van der Waals surface area (Å²) < 4.78 is 5.38. The number of anilines is 2. The van der Waals surface area contributed by atoms with Crippen LogP contribution in [0.4, 0.5) is 11.7 Å². The van der Waals surface area contributed by atoms with Gasteiger partial charge in [-0.15, -0.1) is 0 Å². The van der Waals surface area contributed by atoms with Gasteiger partial charge in [0.15, 0.2) is 0 Å². The van der Waals surface area contributed by atoms with Gasteiger partial charge >= 0.3 is 6.01 Å². The molecule has 0 amide bonds. The molecular weight excluding hydrogens is 397 g/mol. The zero-order valence-electron chi connectivity index (χ0n) is 15.7. The van der Waals surface area contributed by atoms with Crippen LogP contribution in [0.3, 0.4) is 0 Å². The first-order valence-electron chi connectivity index (χ1n) is 9.24. The van der Waals surface area contributed by atoms with Crippen LogP contribution in [0.25, 0.3) is 11.4 Å². The molecule has 0 radical (unpaired) electrons. The van der Waals surface area contributed by atoms with Gasteiger partial charge in [0.05, 0.1) is 0 Å². The molecule has 0 spiro atoms. The highest BCUT2D eigenvalue weighted by Gasteiger charge is 2.27. The number of pyridine rings is 1. The summed E-state index contributed by atoms with van der Waals surface area (Å²) in [7, 11) is 0. The van der Waals surface area contributed by atoms with E-state index in [1.54, 1.807) is 18.2 Å². The third-order valence-electron chi connectivity index (χ3n) is 4.96. The highest BCUT2D eigenvalue weighted by molar-refractivity contribution is 6.35. The van der Waals surface area contributed by atoms with Gasteiger partial charge in [0, 0.05) is 51.8 Å². The molecule has 0 unspecified atom stereocenters. The predicted octanol–water partition coefficient (Wildman–Crippen LogP) is 5.22. The number of hydrogen-bond acceptors (Lipinski definition) is 6. The van der Waals surface area contributed by atoms with E-state index in [0.29, 0.717) is 27.9 Å². The Kier molecular flexibility index (Phi) is 5.42. The highest BCUT2D eigenvalue weighted by Crippen LogP contribution is 2.28. The number of rotatable bonds is 4. The first kappa shape index (κ1) is 19.0. The fraction of sp³-hybridized carbons (Fsp3) is 0.350. The molecule has 0 aliphatic carbocycles. The van der Waals surface area contributed by atoms with Gasteiger partial charge < -0.3 is 14.7 Å². The number of halogens is 2. The number of nitrogens with one attached hydrogen (secondary N) is 1. The molecule has 8 heteroatoms. The molecule has 6 nitrogen and oxygen atoms in total. The van der Waals surface area contributed by atoms with E-state index in [4.69, 9.17) is 27.7 Å². The Labute approximate surface area is 173 Å². The highest BCUT2D eigenvalue weighted by atomic mass is 35.5. The van der Waals surface area contributed by atoms with Crippen molar-refractivity contribution in [3.8, 4) is 11.4 Å². The minimum atomic E-state index is 0.269. The average molecular weight is 418 g/mol. The van der Waals surface area contributed by atoms with Crippen LogP contribution in [0.1, 0.15) is 25.5 Å². The van der Waals surface area contributed by atoms with Crippen molar-refractivity contribution in [3.63, 3.8) is 0 Å². The van der Waals surface area contributed by atoms with Crippen LogP contribution in [-0.2, 0) is 0 Å². The van der Waals surface area contributed by atoms with Gasteiger partial charge in [-0.1, -0.05) is 28.4 Å². The predicted molar refractivity (Wildman–Crippen MR) is 112 cm³/mol. The Morgan fingerprint density at radius 3 is 2.68 bits per heavy atom. The quantitative estimate of drug-likeness (QED) is 0.627. The fourth-order valence-corrected chi connectivity index (χ4v) is 4.18. The van der Waals surface area contributed by atoms with Crippen LogP contribution in [0, 0.1) is 6.92 Å². The van der Waals surface area contributed by atoms with Crippen LogP contribution < -0.4 is 10.2 Å². The van der Waals surface area contributed by atoms with Crippen molar-refractivity contribution in [3.05, 3.63) is 52.3 Å². The van der Waals surface area contributed by atoms with Crippen LogP contribution >= 0.6 is 23.2 Å².